The third-order valence-corrected chi connectivity index (χ3v) is 3.81. The average molecular weight is 262 g/mol. The van der Waals surface area contributed by atoms with Crippen LogP contribution in [0, 0.1) is 11.8 Å². The standard InChI is InChI=1S/C12H17F3N2O/c1-17-10(6-7-16-17)11(18)8-4-2-3-5-9(8)12(13,14)15/h6-9,11,18H,2-5H2,1H3. The normalized spacial score (nSPS) is 27.2. The number of rotatable bonds is 2. The van der Waals surface area contributed by atoms with Crippen molar-refractivity contribution in [2.24, 2.45) is 18.9 Å². The molecular weight excluding hydrogens is 245 g/mol. The Morgan fingerprint density at radius 1 is 1.39 bits per heavy atom. The lowest BCUT2D eigenvalue weighted by Crippen LogP contribution is -2.36. The summed E-state index contributed by atoms with van der Waals surface area (Å²) >= 11 is 0. The quantitative estimate of drug-likeness (QED) is 0.890. The van der Waals surface area contributed by atoms with Crippen LogP contribution in [-0.2, 0) is 7.05 Å². The SMILES string of the molecule is Cn1nccc1C(O)C1CCCCC1C(F)(F)F. The lowest BCUT2D eigenvalue weighted by atomic mass is 9.75. The Labute approximate surface area is 104 Å². The molecule has 0 amide bonds. The van der Waals surface area contributed by atoms with Crippen LogP contribution >= 0.6 is 0 Å². The highest BCUT2D eigenvalue weighted by Crippen LogP contribution is 2.46. The number of aryl methyl sites for hydroxylation is 1. The van der Waals surface area contributed by atoms with Gasteiger partial charge < -0.3 is 5.11 Å². The van der Waals surface area contributed by atoms with Crippen molar-refractivity contribution in [2.75, 3.05) is 0 Å². The van der Waals surface area contributed by atoms with Crippen molar-refractivity contribution in [3.63, 3.8) is 0 Å². The van der Waals surface area contributed by atoms with Gasteiger partial charge in [-0.2, -0.15) is 18.3 Å². The molecule has 0 saturated heterocycles. The summed E-state index contributed by atoms with van der Waals surface area (Å²) in [7, 11) is 1.63. The molecule has 3 atom stereocenters. The fraction of sp³-hybridized carbons (Fsp3) is 0.750. The van der Waals surface area contributed by atoms with Crippen LogP contribution in [0.5, 0.6) is 0 Å². The summed E-state index contributed by atoms with van der Waals surface area (Å²) < 4.78 is 40.3. The third kappa shape index (κ3) is 2.53. The molecule has 1 N–H and O–H groups in total. The molecule has 1 aromatic rings. The van der Waals surface area contributed by atoms with Gasteiger partial charge in [-0.05, 0) is 18.9 Å². The van der Waals surface area contributed by atoms with Crippen LogP contribution in [0.15, 0.2) is 12.3 Å². The molecule has 1 aliphatic rings. The molecular formula is C12H17F3N2O. The van der Waals surface area contributed by atoms with Gasteiger partial charge in [0, 0.05) is 19.2 Å². The highest BCUT2D eigenvalue weighted by Gasteiger charge is 2.48. The molecule has 0 aromatic carbocycles. The molecule has 0 bridgehead atoms. The number of aliphatic hydroxyl groups excluding tert-OH is 1. The van der Waals surface area contributed by atoms with Gasteiger partial charge in [0.2, 0.25) is 0 Å². The number of aromatic nitrogens is 2. The second kappa shape index (κ2) is 4.91. The van der Waals surface area contributed by atoms with Crippen molar-refractivity contribution < 1.29 is 18.3 Å². The Hall–Kier alpha value is -1.04. The van der Waals surface area contributed by atoms with Crippen molar-refractivity contribution in [1.82, 2.24) is 9.78 Å². The third-order valence-electron chi connectivity index (χ3n) is 3.81. The summed E-state index contributed by atoms with van der Waals surface area (Å²) in [6, 6.07) is 1.58. The molecule has 18 heavy (non-hydrogen) atoms. The Morgan fingerprint density at radius 2 is 2.06 bits per heavy atom. The molecule has 3 unspecified atom stereocenters. The lowest BCUT2D eigenvalue weighted by Gasteiger charge is -2.35. The van der Waals surface area contributed by atoms with Crippen LogP contribution in [0.4, 0.5) is 13.2 Å². The maximum atomic E-state index is 13.0. The molecule has 1 aromatic heterocycles. The van der Waals surface area contributed by atoms with Crippen LogP contribution in [-0.4, -0.2) is 21.1 Å². The van der Waals surface area contributed by atoms with E-state index in [4.69, 9.17) is 0 Å². The summed E-state index contributed by atoms with van der Waals surface area (Å²) in [5.74, 6) is -2.16. The van der Waals surface area contributed by atoms with Gasteiger partial charge in [-0.1, -0.05) is 12.8 Å². The van der Waals surface area contributed by atoms with E-state index in [9.17, 15) is 18.3 Å². The van der Waals surface area contributed by atoms with Crippen LogP contribution in [0.2, 0.25) is 0 Å². The first-order valence-corrected chi connectivity index (χ1v) is 6.14. The van der Waals surface area contributed by atoms with Gasteiger partial charge >= 0.3 is 6.18 Å². The zero-order chi connectivity index (χ0) is 13.3. The largest absolute Gasteiger partial charge is 0.392 e. The monoisotopic (exact) mass is 262 g/mol. The predicted octanol–water partition coefficient (Wildman–Crippen LogP) is 2.82. The van der Waals surface area contributed by atoms with E-state index >= 15 is 0 Å². The van der Waals surface area contributed by atoms with Crippen molar-refractivity contribution in [1.29, 1.82) is 0 Å². The van der Waals surface area contributed by atoms with Crippen molar-refractivity contribution in [3.05, 3.63) is 18.0 Å². The molecule has 0 aliphatic heterocycles. The second-order valence-electron chi connectivity index (χ2n) is 4.92. The highest BCUT2D eigenvalue weighted by atomic mass is 19.4. The highest BCUT2D eigenvalue weighted by molar-refractivity contribution is 5.07. The molecule has 0 radical (unpaired) electrons. The van der Waals surface area contributed by atoms with Gasteiger partial charge in [-0.25, -0.2) is 0 Å². The molecule has 1 heterocycles. The smallest absolute Gasteiger partial charge is 0.387 e. The van der Waals surface area contributed by atoms with E-state index in [-0.39, 0.29) is 6.42 Å². The van der Waals surface area contributed by atoms with Gasteiger partial charge in [0.1, 0.15) is 0 Å². The van der Waals surface area contributed by atoms with Crippen LogP contribution in [0.25, 0.3) is 0 Å². The summed E-state index contributed by atoms with van der Waals surface area (Å²) in [4.78, 5) is 0. The minimum Gasteiger partial charge on any atom is -0.387 e. The Balaban J connectivity index is 2.22. The Kier molecular flexibility index (Phi) is 3.66. The van der Waals surface area contributed by atoms with E-state index in [2.05, 4.69) is 5.10 Å². The molecule has 2 rings (SSSR count). The molecule has 1 aliphatic carbocycles. The molecule has 6 heteroatoms. The van der Waals surface area contributed by atoms with Crippen LogP contribution in [0.1, 0.15) is 37.5 Å². The van der Waals surface area contributed by atoms with Crippen LogP contribution in [0.3, 0.4) is 0 Å². The molecule has 102 valence electrons. The van der Waals surface area contributed by atoms with E-state index in [1.54, 1.807) is 13.1 Å². The Bertz CT molecular complexity index is 402. The topological polar surface area (TPSA) is 38.0 Å². The van der Waals surface area contributed by atoms with Gasteiger partial charge in [0.15, 0.2) is 0 Å². The molecule has 1 fully saturated rings. The van der Waals surface area contributed by atoms with Crippen molar-refractivity contribution in [2.45, 2.75) is 38.0 Å². The summed E-state index contributed by atoms with van der Waals surface area (Å²) in [5.41, 5.74) is 0.455. The van der Waals surface area contributed by atoms with E-state index < -0.39 is 24.1 Å². The minimum atomic E-state index is -4.23. The fourth-order valence-electron chi connectivity index (χ4n) is 2.84. The maximum absolute atomic E-state index is 13.0. The Morgan fingerprint density at radius 3 is 2.61 bits per heavy atom. The first-order valence-electron chi connectivity index (χ1n) is 6.14. The van der Waals surface area contributed by atoms with Gasteiger partial charge in [-0.3, -0.25) is 4.68 Å². The maximum Gasteiger partial charge on any atom is 0.392 e. The zero-order valence-corrected chi connectivity index (χ0v) is 10.2. The van der Waals surface area contributed by atoms with E-state index in [0.717, 1.165) is 6.42 Å². The van der Waals surface area contributed by atoms with Crippen molar-refractivity contribution >= 4 is 0 Å². The summed E-state index contributed by atoms with van der Waals surface area (Å²) in [5, 5.41) is 14.1. The second-order valence-corrected chi connectivity index (χ2v) is 4.92. The number of aliphatic hydroxyl groups is 1. The summed E-state index contributed by atoms with van der Waals surface area (Å²) in [6.45, 7) is 0. The first kappa shape index (κ1) is 13.4. The van der Waals surface area contributed by atoms with E-state index in [1.165, 1.54) is 10.9 Å². The molecule has 3 nitrogen and oxygen atoms in total. The first-order chi connectivity index (χ1) is 8.41. The van der Waals surface area contributed by atoms with Gasteiger partial charge in [0.05, 0.1) is 17.7 Å². The van der Waals surface area contributed by atoms with E-state index in [0.29, 0.717) is 18.5 Å². The fourth-order valence-corrected chi connectivity index (χ4v) is 2.84. The minimum absolute atomic E-state index is 0.114. The molecule has 1 saturated carbocycles. The van der Waals surface area contributed by atoms with Crippen LogP contribution < -0.4 is 0 Å². The number of halogens is 3. The number of alkyl halides is 3. The number of hydrogen-bond acceptors (Lipinski definition) is 2. The number of nitrogens with zero attached hydrogens (tertiary/aromatic N) is 2. The average Bonchev–Trinajstić information content (AvgIpc) is 2.73. The van der Waals surface area contributed by atoms with Crippen molar-refractivity contribution in [3.8, 4) is 0 Å². The van der Waals surface area contributed by atoms with Gasteiger partial charge in [-0.15, -0.1) is 0 Å². The summed E-state index contributed by atoms with van der Waals surface area (Å²) in [6.07, 6.45) is -1.98. The predicted molar refractivity (Wildman–Crippen MR) is 59.7 cm³/mol. The zero-order valence-electron chi connectivity index (χ0n) is 10.2. The number of hydrogen-bond donors (Lipinski definition) is 1. The van der Waals surface area contributed by atoms with Gasteiger partial charge in [0.25, 0.3) is 0 Å². The van der Waals surface area contributed by atoms with E-state index in [1.807, 2.05) is 0 Å². The molecule has 0 spiro atoms. The lowest BCUT2D eigenvalue weighted by molar-refractivity contribution is -0.207.